The second kappa shape index (κ2) is 4.96. The van der Waals surface area contributed by atoms with Crippen LogP contribution in [0.1, 0.15) is 46.5 Å². The number of hydrogen-bond donors (Lipinski definition) is 2. The van der Waals surface area contributed by atoms with Crippen LogP contribution in [0.2, 0.25) is 0 Å². The molecule has 4 heterocycles. The summed E-state index contributed by atoms with van der Waals surface area (Å²) >= 11 is 0. The van der Waals surface area contributed by atoms with Crippen LogP contribution in [0.15, 0.2) is 12.2 Å². The number of aliphatic hydroxyl groups is 2. The summed E-state index contributed by atoms with van der Waals surface area (Å²) < 4.78 is 18.3. The van der Waals surface area contributed by atoms with E-state index in [1.807, 2.05) is 0 Å². The molecule has 1 unspecified atom stereocenters. The Bertz CT molecular complexity index is 865. The molecular formula is C22H28O7. The summed E-state index contributed by atoms with van der Waals surface area (Å²) in [7, 11) is 0. The number of carbonyl (C=O) groups excluding carboxylic acids is 2. The molecule has 4 aliphatic heterocycles. The van der Waals surface area contributed by atoms with Crippen LogP contribution in [0, 0.1) is 34.0 Å². The van der Waals surface area contributed by atoms with E-state index in [0.717, 1.165) is 12.8 Å². The van der Waals surface area contributed by atoms with Gasteiger partial charge in [-0.05, 0) is 30.3 Å². The zero-order valence-corrected chi connectivity index (χ0v) is 17.0. The van der Waals surface area contributed by atoms with Crippen LogP contribution in [0.3, 0.4) is 0 Å². The van der Waals surface area contributed by atoms with Gasteiger partial charge in [0, 0.05) is 30.1 Å². The normalized spacial score (nSPS) is 58.3. The molecule has 7 bridgehead atoms. The highest BCUT2D eigenvalue weighted by atomic mass is 16.8. The Hall–Kier alpha value is -1.28. The first-order valence-electron chi connectivity index (χ1n) is 10.7. The third kappa shape index (κ3) is 1.61. The highest BCUT2D eigenvalue weighted by molar-refractivity contribution is 6.05. The number of hydrogen-bond acceptors (Lipinski definition) is 7. The molecule has 0 aromatic carbocycles. The molecule has 158 valence electrons. The van der Waals surface area contributed by atoms with Crippen molar-refractivity contribution in [3.05, 3.63) is 12.2 Å². The van der Waals surface area contributed by atoms with Crippen LogP contribution in [0.4, 0.5) is 0 Å². The number of ketones is 1. The predicted octanol–water partition coefficient (Wildman–Crippen LogP) is 1.31. The first-order valence-corrected chi connectivity index (χ1v) is 10.7. The quantitative estimate of drug-likeness (QED) is 0.502. The molecule has 8 rings (SSSR count). The minimum atomic E-state index is -2.07. The Morgan fingerprint density at radius 3 is 2.69 bits per heavy atom. The van der Waals surface area contributed by atoms with E-state index in [4.69, 9.17) is 14.2 Å². The molecule has 4 saturated heterocycles. The molecule has 4 aliphatic carbocycles. The lowest BCUT2D eigenvalue weighted by molar-refractivity contribution is -0.554. The molecule has 0 aromatic rings. The Balaban J connectivity index is 1.67. The maximum absolute atomic E-state index is 13.7. The van der Waals surface area contributed by atoms with Gasteiger partial charge >= 0.3 is 5.97 Å². The fraction of sp³-hybridized carbons (Fsp3) is 0.818. The topological polar surface area (TPSA) is 102 Å². The number of ether oxygens (including phenoxy) is 3. The molecule has 8 aliphatic rings. The smallest absolute Gasteiger partial charge is 0.302 e. The molecule has 8 fully saturated rings. The summed E-state index contributed by atoms with van der Waals surface area (Å²) in [4.78, 5) is 25.7. The van der Waals surface area contributed by atoms with Crippen molar-refractivity contribution in [2.75, 3.05) is 0 Å². The molecule has 4 saturated carbocycles. The van der Waals surface area contributed by atoms with Gasteiger partial charge in [0.15, 0.2) is 12.1 Å². The van der Waals surface area contributed by atoms with Gasteiger partial charge in [0.2, 0.25) is 5.79 Å². The molecule has 29 heavy (non-hydrogen) atoms. The SMILES string of the molecule is C=C1C(=O)[C@@]23[C@@H]4OC5O[C@]2(O)[C@@H](O)[C@@H]2C(C)(C)CCC[C@]52[C@H]3[C@@H](OC(C)=O)C[C@@H]14. The van der Waals surface area contributed by atoms with E-state index in [1.54, 1.807) is 0 Å². The Kier molecular flexibility index (Phi) is 3.16. The number of carbonyl (C=O) groups is 2. The first kappa shape index (κ1) is 18.5. The van der Waals surface area contributed by atoms with Crippen LogP contribution in [0.25, 0.3) is 0 Å². The lowest BCUT2D eigenvalue weighted by atomic mass is 9.34. The lowest BCUT2D eigenvalue weighted by Crippen LogP contribution is -2.91. The summed E-state index contributed by atoms with van der Waals surface area (Å²) in [6.45, 7) is 9.58. The molecule has 7 heteroatoms. The highest BCUT2D eigenvalue weighted by Crippen LogP contribution is 2.81. The fourth-order valence-electron chi connectivity index (χ4n) is 8.79. The summed E-state index contributed by atoms with van der Waals surface area (Å²) in [5.41, 5.74) is -2.09. The molecule has 0 amide bonds. The molecule has 0 aromatic heterocycles. The standard InChI is InChI=1S/C22H28O7/c1-9-11-8-12(27-10(2)23)13-20-7-5-6-19(3,4)14(20)16(25)22(26)21(13,15(9)24)17(11)28-18(20)29-22/h11-14,16-18,25-26H,1,5-8H2,2-4H3/t11-,12-,13+,14+,16-,17+,18?,20+,21-,22+/m0/s1. The van der Waals surface area contributed by atoms with Gasteiger partial charge in [-0.3, -0.25) is 9.59 Å². The maximum Gasteiger partial charge on any atom is 0.302 e. The summed E-state index contributed by atoms with van der Waals surface area (Å²) in [6, 6.07) is 0. The van der Waals surface area contributed by atoms with Crippen molar-refractivity contribution in [3.63, 3.8) is 0 Å². The summed E-state index contributed by atoms with van der Waals surface area (Å²) in [6.07, 6.45) is -0.170. The lowest BCUT2D eigenvalue weighted by Gasteiger charge is -2.79. The second-order valence-corrected chi connectivity index (χ2v) is 10.8. The van der Waals surface area contributed by atoms with E-state index in [9.17, 15) is 19.8 Å². The zero-order chi connectivity index (χ0) is 20.7. The minimum Gasteiger partial charge on any atom is -0.462 e. The third-order valence-electron chi connectivity index (χ3n) is 9.33. The van der Waals surface area contributed by atoms with Crippen molar-refractivity contribution < 1.29 is 34.0 Å². The molecule has 2 spiro atoms. The molecular weight excluding hydrogens is 376 g/mol. The summed E-state index contributed by atoms with van der Waals surface area (Å²) in [5.74, 6) is -3.92. The van der Waals surface area contributed by atoms with Crippen LogP contribution in [0.5, 0.6) is 0 Å². The molecule has 2 N–H and O–H groups in total. The van der Waals surface area contributed by atoms with Gasteiger partial charge in [-0.25, -0.2) is 0 Å². The Morgan fingerprint density at radius 2 is 2.00 bits per heavy atom. The van der Waals surface area contributed by atoms with Gasteiger partial charge < -0.3 is 24.4 Å². The number of esters is 1. The van der Waals surface area contributed by atoms with Crippen molar-refractivity contribution >= 4 is 11.8 Å². The van der Waals surface area contributed by atoms with E-state index in [0.29, 0.717) is 18.4 Å². The van der Waals surface area contributed by atoms with Crippen LogP contribution in [-0.4, -0.2) is 52.4 Å². The molecule has 10 atom stereocenters. The van der Waals surface area contributed by atoms with E-state index in [-0.39, 0.29) is 23.0 Å². The van der Waals surface area contributed by atoms with Crippen molar-refractivity contribution in [1.29, 1.82) is 0 Å². The van der Waals surface area contributed by atoms with E-state index in [1.165, 1.54) is 6.92 Å². The zero-order valence-electron chi connectivity index (χ0n) is 17.0. The van der Waals surface area contributed by atoms with Crippen molar-refractivity contribution in [3.8, 4) is 0 Å². The minimum absolute atomic E-state index is 0.290. The first-order chi connectivity index (χ1) is 13.5. The van der Waals surface area contributed by atoms with Crippen LogP contribution < -0.4 is 0 Å². The molecule has 7 nitrogen and oxygen atoms in total. The third-order valence-corrected chi connectivity index (χ3v) is 9.33. The fourth-order valence-corrected chi connectivity index (χ4v) is 8.79. The van der Waals surface area contributed by atoms with Gasteiger partial charge in [0.05, 0.1) is 6.10 Å². The van der Waals surface area contributed by atoms with E-state index >= 15 is 0 Å². The van der Waals surface area contributed by atoms with E-state index in [2.05, 4.69) is 20.4 Å². The average molecular weight is 404 g/mol. The highest BCUT2D eigenvalue weighted by Gasteiger charge is 2.93. The Labute approximate surface area is 169 Å². The van der Waals surface area contributed by atoms with Gasteiger partial charge in [-0.15, -0.1) is 0 Å². The van der Waals surface area contributed by atoms with Crippen molar-refractivity contribution in [1.82, 2.24) is 0 Å². The van der Waals surface area contributed by atoms with Crippen LogP contribution in [-0.2, 0) is 23.8 Å². The monoisotopic (exact) mass is 404 g/mol. The van der Waals surface area contributed by atoms with Gasteiger partial charge in [-0.1, -0.05) is 26.8 Å². The Morgan fingerprint density at radius 1 is 1.28 bits per heavy atom. The number of rotatable bonds is 1. The molecule has 0 radical (unpaired) electrons. The van der Waals surface area contributed by atoms with Gasteiger partial charge in [0.25, 0.3) is 0 Å². The van der Waals surface area contributed by atoms with Gasteiger partial charge in [0.1, 0.15) is 17.6 Å². The number of Topliss-reactive ketones (excluding diaryl/α,β-unsaturated/α-hetero) is 1. The maximum atomic E-state index is 13.7. The summed E-state index contributed by atoms with van der Waals surface area (Å²) in [5, 5.41) is 23.4. The van der Waals surface area contributed by atoms with E-state index < -0.39 is 53.1 Å². The predicted molar refractivity (Wildman–Crippen MR) is 98.0 cm³/mol. The number of aliphatic hydroxyl groups excluding tert-OH is 1. The van der Waals surface area contributed by atoms with Crippen molar-refractivity contribution in [2.24, 2.45) is 34.0 Å². The largest absolute Gasteiger partial charge is 0.462 e. The second-order valence-electron chi connectivity index (χ2n) is 10.8. The van der Waals surface area contributed by atoms with Crippen LogP contribution >= 0.6 is 0 Å². The van der Waals surface area contributed by atoms with Crippen molar-refractivity contribution in [2.45, 2.75) is 76.8 Å². The average Bonchev–Trinajstić information content (AvgIpc) is 2.76. The van der Waals surface area contributed by atoms with Gasteiger partial charge in [-0.2, -0.15) is 0 Å².